The normalized spacial score (nSPS) is 11.4. The largest absolute Gasteiger partial charge is 0.464 e. The van der Waals surface area contributed by atoms with Crippen molar-refractivity contribution in [3.8, 4) is 0 Å². The van der Waals surface area contributed by atoms with Crippen LogP contribution in [0.3, 0.4) is 0 Å². The number of hydrogen-bond donors (Lipinski definition) is 0. The number of alkyl halides is 3. The Morgan fingerprint density at radius 1 is 0.902 bits per heavy atom. The molecule has 3 aromatic carbocycles. The van der Waals surface area contributed by atoms with Crippen LogP contribution >= 0.6 is 0 Å². The highest BCUT2D eigenvalue weighted by Gasteiger charge is 2.31. The van der Waals surface area contributed by atoms with Gasteiger partial charge in [-0.2, -0.15) is 13.2 Å². The van der Waals surface area contributed by atoms with E-state index >= 15 is 0 Å². The Morgan fingerprint density at radius 2 is 1.59 bits per heavy atom. The number of benzene rings is 3. The van der Waals surface area contributed by atoms with Crippen molar-refractivity contribution in [2.24, 2.45) is 0 Å². The molecule has 0 aliphatic heterocycles. The number of hydrogen-bond acceptors (Lipinski definition) is 5. The maximum atomic E-state index is 13.6. The minimum absolute atomic E-state index is 0.0159. The molecule has 214 valence electrons. The average Bonchev–Trinajstić information content (AvgIpc) is 2.96. The Balaban J connectivity index is 1.62. The molecule has 7 nitrogen and oxygen atoms in total. The highest BCUT2D eigenvalue weighted by atomic mass is 19.4. The molecule has 1 aromatic heterocycles. The van der Waals surface area contributed by atoms with Crippen LogP contribution in [0.5, 0.6) is 0 Å². The Bertz CT molecular complexity index is 1570. The van der Waals surface area contributed by atoms with Crippen LogP contribution < -0.4 is 5.43 Å². The highest BCUT2D eigenvalue weighted by molar-refractivity contribution is 5.96. The van der Waals surface area contributed by atoms with Gasteiger partial charge in [0.1, 0.15) is 17.9 Å². The molecule has 1 heterocycles. The molecule has 4 rings (SSSR count). The monoisotopic (exact) mass is 570 g/mol. The Labute approximate surface area is 232 Å². The quantitative estimate of drug-likeness (QED) is 0.243. The van der Waals surface area contributed by atoms with Crippen LogP contribution in [0.1, 0.15) is 27.0 Å². The lowest BCUT2D eigenvalue weighted by Crippen LogP contribution is -2.44. The Morgan fingerprint density at radius 3 is 2.24 bits per heavy atom. The summed E-state index contributed by atoms with van der Waals surface area (Å²) in [6, 6.07) is 15.8. The van der Waals surface area contributed by atoms with Gasteiger partial charge in [0.05, 0.1) is 35.9 Å². The summed E-state index contributed by atoms with van der Waals surface area (Å²) in [5.74, 6) is -1.69. The van der Waals surface area contributed by atoms with E-state index in [4.69, 9.17) is 9.15 Å². The molecule has 4 aromatic rings. The number of nitrogens with zero attached hydrogens (tertiary/aromatic N) is 2. The summed E-state index contributed by atoms with van der Waals surface area (Å²) in [6.45, 7) is -0.603. The molecule has 0 radical (unpaired) electrons. The predicted octanol–water partition coefficient (Wildman–Crippen LogP) is 5.27. The van der Waals surface area contributed by atoms with Crippen molar-refractivity contribution in [2.75, 3.05) is 26.8 Å². The lowest BCUT2D eigenvalue weighted by Gasteiger charge is -2.28. The molecular weight excluding hydrogens is 544 g/mol. The number of ether oxygens (including phenoxy) is 1. The zero-order chi connectivity index (χ0) is 29.6. The molecule has 0 aliphatic rings. The molecule has 0 aliphatic carbocycles. The number of amides is 2. The molecule has 0 fully saturated rings. The van der Waals surface area contributed by atoms with Gasteiger partial charge in [-0.1, -0.05) is 24.3 Å². The molecule has 11 heteroatoms. The van der Waals surface area contributed by atoms with Crippen LogP contribution in [0, 0.1) is 5.82 Å². The first-order valence-electron chi connectivity index (χ1n) is 12.5. The molecule has 0 saturated carbocycles. The number of para-hydroxylation sites is 1. The van der Waals surface area contributed by atoms with Crippen LogP contribution in [-0.2, 0) is 28.8 Å². The topological polar surface area (TPSA) is 80.1 Å². The minimum atomic E-state index is -4.57. The smallest absolute Gasteiger partial charge is 0.416 e. The van der Waals surface area contributed by atoms with E-state index in [0.29, 0.717) is 16.5 Å². The van der Waals surface area contributed by atoms with Crippen molar-refractivity contribution in [1.29, 1.82) is 0 Å². The van der Waals surface area contributed by atoms with Gasteiger partial charge < -0.3 is 19.0 Å². The number of carbonyl (C=O) groups excluding carboxylic acids is 2. The van der Waals surface area contributed by atoms with Gasteiger partial charge in [0.2, 0.25) is 5.91 Å². The van der Waals surface area contributed by atoms with Gasteiger partial charge in [-0.05, 0) is 54.1 Å². The second kappa shape index (κ2) is 12.8. The van der Waals surface area contributed by atoms with E-state index in [1.807, 2.05) is 0 Å². The number of carbonyl (C=O) groups is 2. The van der Waals surface area contributed by atoms with E-state index in [1.165, 1.54) is 42.5 Å². The maximum absolute atomic E-state index is 13.6. The van der Waals surface area contributed by atoms with Crippen LogP contribution in [-0.4, -0.2) is 48.4 Å². The van der Waals surface area contributed by atoms with Gasteiger partial charge in [-0.25, -0.2) is 4.39 Å². The van der Waals surface area contributed by atoms with Crippen LogP contribution in [0.2, 0.25) is 0 Å². The zero-order valence-corrected chi connectivity index (χ0v) is 22.0. The fourth-order valence-corrected chi connectivity index (χ4v) is 4.18. The summed E-state index contributed by atoms with van der Waals surface area (Å²) in [6.07, 6.45) is -3.30. The van der Waals surface area contributed by atoms with E-state index < -0.39 is 35.9 Å². The third-order valence-corrected chi connectivity index (χ3v) is 6.39. The highest BCUT2D eigenvalue weighted by Crippen LogP contribution is 2.29. The number of rotatable bonds is 10. The summed E-state index contributed by atoms with van der Waals surface area (Å²) in [7, 11) is 1.41. The van der Waals surface area contributed by atoms with Crippen molar-refractivity contribution < 1.29 is 36.3 Å². The molecule has 41 heavy (non-hydrogen) atoms. The van der Waals surface area contributed by atoms with Crippen LogP contribution in [0.4, 0.5) is 17.6 Å². The SMILES string of the molecule is COCCN(CC(=O)N(Cc1ccc(F)cc1)Cc1coc2ccccc2c1=O)C(=O)c1ccc(C(F)(F)F)cc1. The molecule has 2 amide bonds. The predicted molar refractivity (Wildman–Crippen MR) is 142 cm³/mol. The second-order valence-corrected chi connectivity index (χ2v) is 9.26. The van der Waals surface area contributed by atoms with Gasteiger partial charge in [0.15, 0.2) is 5.43 Å². The molecule has 0 atom stereocenters. The third kappa shape index (κ3) is 7.37. The summed E-state index contributed by atoms with van der Waals surface area (Å²) >= 11 is 0. The van der Waals surface area contributed by atoms with E-state index in [0.717, 1.165) is 29.2 Å². The first-order chi connectivity index (χ1) is 19.6. The van der Waals surface area contributed by atoms with E-state index in [2.05, 4.69) is 0 Å². The van der Waals surface area contributed by atoms with E-state index in [-0.39, 0.29) is 42.8 Å². The summed E-state index contributed by atoms with van der Waals surface area (Å²) in [4.78, 5) is 42.5. The summed E-state index contributed by atoms with van der Waals surface area (Å²) in [5, 5.41) is 0.332. The average molecular weight is 571 g/mol. The second-order valence-electron chi connectivity index (χ2n) is 9.26. The van der Waals surface area contributed by atoms with Crippen LogP contribution in [0.25, 0.3) is 11.0 Å². The van der Waals surface area contributed by atoms with Gasteiger partial charge >= 0.3 is 6.18 Å². The molecule has 0 bridgehead atoms. The lowest BCUT2D eigenvalue weighted by atomic mass is 10.1. The van der Waals surface area contributed by atoms with Gasteiger partial charge in [-0.3, -0.25) is 14.4 Å². The van der Waals surface area contributed by atoms with Gasteiger partial charge in [0.25, 0.3) is 5.91 Å². The maximum Gasteiger partial charge on any atom is 0.416 e. The number of fused-ring (bicyclic) bond motifs is 1. The fraction of sp³-hybridized carbons (Fsp3) is 0.233. The van der Waals surface area contributed by atoms with Crippen molar-refractivity contribution in [3.05, 3.63) is 117 Å². The standard InChI is InChI=1S/C30H26F4N2O5/c1-40-15-14-35(29(39)21-8-10-23(11-9-21)30(32,33)34)18-27(37)36(16-20-6-12-24(31)13-7-20)17-22-19-41-26-5-3-2-4-25(26)28(22)38/h2-13,19H,14-18H2,1H3. The van der Waals surface area contributed by atoms with Crippen LogP contribution in [0.15, 0.2) is 88.3 Å². The third-order valence-electron chi connectivity index (χ3n) is 6.39. The minimum Gasteiger partial charge on any atom is -0.464 e. The fourth-order valence-electron chi connectivity index (χ4n) is 4.18. The number of halogens is 4. The Kier molecular flexibility index (Phi) is 9.18. The molecule has 0 unspecified atom stereocenters. The van der Waals surface area contributed by atoms with Crippen molar-refractivity contribution >= 4 is 22.8 Å². The summed E-state index contributed by atoms with van der Waals surface area (Å²) < 4.78 is 63.1. The van der Waals surface area contributed by atoms with Crippen molar-refractivity contribution in [2.45, 2.75) is 19.3 Å². The van der Waals surface area contributed by atoms with Crippen molar-refractivity contribution in [1.82, 2.24) is 9.80 Å². The Hall–Kier alpha value is -4.51. The molecular formula is C30H26F4N2O5. The van der Waals surface area contributed by atoms with E-state index in [9.17, 15) is 31.9 Å². The van der Waals surface area contributed by atoms with E-state index in [1.54, 1.807) is 24.3 Å². The number of methoxy groups -OCH3 is 1. The first kappa shape index (κ1) is 29.5. The molecule has 0 spiro atoms. The van der Waals surface area contributed by atoms with Gasteiger partial charge in [-0.15, -0.1) is 0 Å². The zero-order valence-electron chi connectivity index (χ0n) is 22.0. The molecule has 0 saturated heterocycles. The molecule has 0 N–H and O–H groups in total. The first-order valence-corrected chi connectivity index (χ1v) is 12.5. The summed E-state index contributed by atoms with van der Waals surface area (Å²) in [5.41, 5.74) is -0.138. The van der Waals surface area contributed by atoms with Crippen molar-refractivity contribution in [3.63, 3.8) is 0 Å². The van der Waals surface area contributed by atoms with Gasteiger partial charge in [0, 0.05) is 25.8 Å². The lowest BCUT2D eigenvalue weighted by molar-refractivity contribution is -0.137.